The van der Waals surface area contributed by atoms with Gasteiger partial charge in [-0.15, -0.1) is 0 Å². The number of nitrogens with one attached hydrogen (secondary N) is 1. The van der Waals surface area contributed by atoms with Gasteiger partial charge in [-0.1, -0.05) is 5.10 Å². The third-order valence-electron chi connectivity index (χ3n) is 0.0879. The van der Waals surface area contributed by atoms with Crippen molar-refractivity contribution in [2.24, 2.45) is 5.10 Å². The zero-order chi connectivity index (χ0) is 4.12. The van der Waals surface area contributed by atoms with Gasteiger partial charge in [0.15, 0.2) is 0 Å². The molecule has 0 aromatic rings. The predicted octanol–water partition coefficient (Wildman–Crippen LogP) is -0.0194. The number of hydrogen-bond acceptors (Lipinski definition) is 3. The highest BCUT2D eigenvalue weighted by molar-refractivity contribution is 6.13. The van der Waals surface area contributed by atoms with Gasteiger partial charge >= 0.3 is 0 Å². The van der Waals surface area contributed by atoms with Crippen LogP contribution in [0.15, 0.2) is 5.10 Å². The third kappa shape index (κ3) is 3.47. The molecule has 0 atom stereocenters. The lowest BCUT2D eigenvalue weighted by Gasteiger charge is -1.63. The first-order valence-corrected chi connectivity index (χ1v) is 1.22. The maximum atomic E-state index is 8.97. The van der Waals surface area contributed by atoms with Gasteiger partial charge in [0.1, 0.15) is 0 Å². The second-order valence-electron chi connectivity index (χ2n) is 0.288. The largest absolute Gasteiger partial charge is 0.259 e. The smallest absolute Gasteiger partial charge is 0.209 e. The fraction of sp³-hybridized carbons (Fsp3) is 0. The van der Waals surface area contributed by atoms with Crippen molar-refractivity contribution >= 4 is 17.9 Å². The van der Waals surface area contributed by atoms with E-state index in [1.54, 1.807) is 4.94 Å². The first kappa shape index (κ1) is 4.47. The van der Waals surface area contributed by atoms with Crippen LogP contribution in [-0.4, -0.2) is 6.08 Å². The van der Waals surface area contributed by atoms with E-state index >= 15 is 0 Å². The summed E-state index contributed by atoms with van der Waals surface area (Å²) < 4.78 is 0. The summed E-state index contributed by atoms with van der Waals surface area (Å²) >= 11 is 4.62. The van der Waals surface area contributed by atoms with E-state index in [0.29, 0.717) is 0 Å². The molecule has 1 N–H and O–H groups in total. The van der Waals surface area contributed by atoms with Gasteiger partial charge in [0.2, 0.25) is 0 Å². The summed E-state index contributed by atoms with van der Waals surface area (Å²) in [6.45, 7) is 0. The summed E-state index contributed by atoms with van der Waals surface area (Å²) in [5.41, 5.74) is 0. The van der Waals surface area contributed by atoms with Crippen LogP contribution in [0.2, 0.25) is 0 Å². The zero-order valence-corrected chi connectivity index (χ0v) is 2.99. The monoisotopic (exact) mass is 92.0 g/mol. The molecule has 4 heteroatoms. The summed E-state index contributed by atoms with van der Waals surface area (Å²) in [7, 11) is 0. The summed E-state index contributed by atoms with van der Waals surface area (Å²) in [4.78, 5) is 10.7. The fourth-order valence-corrected chi connectivity index (χ4v) is 0.0518. The van der Waals surface area contributed by atoms with Crippen LogP contribution in [0.3, 0.4) is 0 Å². The van der Waals surface area contributed by atoms with E-state index in [9.17, 15) is 0 Å². The normalized spacial score (nSPS) is 5.00. The van der Waals surface area contributed by atoms with Crippen LogP contribution >= 0.6 is 11.8 Å². The molecule has 0 amide bonds. The quantitative estimate of drug-likeness (QED) is 0.214. The van der Waals surface area contributed by atoms with Crippen molar-refractivity contribution < 1.29 is 4.79 Å². The maximum absolute atomic E-state index is 8.97. The molecule has 5 heavy (non-hydrogen) atoms. The zero-order valence-electron chi connectivity index (χ0n) is 2.23. The highest BCUT2D eigenvalue weighted by Gasteiger charge is 1.48. The molecule has 0 heterocycles. The van der Waals surface area contributed by atoms with Gasteiger partial charge in [-0.05, 0) is 0 Å². The van der Waals surface area contributed by atoms with E-state index in [4.69, 9.17) is 4.79 Å². The Bertz CT molecular complexity index is 56.7. The molecule has 3 nitrogen and oxygen atoms in total. The Balaban J connectivity index is 2.93. The van der Waals surface area contributed by atoms with Gasteiger partial charge in [0, 0.05) is 11.8 Å². The highest BCUT2D eigenvalue weighted by Crippen LogP contribution is 1.51. The van der Waals surface area contributed by atoms with Crippen LogP contribution in [0.5, 0.6) is 0 Å². The molecule has 0 aliphatic heterocycles. The molecule has 0 rings (SSSR count). The fourth-order valence-electron chi connectivity index (χ4n) is 0.0173. The average Bonchev–Trinajstić information content (AvgIpc) is 1.41. The van der Waals surface area contributed by atoms with Crippen molar-refractivity contribution in [2.45, 2.75) is 0 Å². The van der Waals surface area contributed by atoms with Gasteiger partial charge in [0.25, 0.3) is 6.08 Å². The molecule has 0 aliphatic rings. The standard InChI is InChI=1S/CHClN2O/c2-4-3-1-5/h4H. The molecule has 0 aliphatic carbocycles. The molecule has 0 fully saturated rings. The highest BCUT2D eigenvalue weighted by atomic mass is 35.5. The van der Waals surface area contributed by atoms with Gasteiger partial charge in [-0.3, -0.25) is 0 Å². The number of hydrazone groups is 1. The Morgan fingerprint density at radius 3 is 2.60 bits per heavy atom. The number of carbonyl (C=O) groups excluding carboxylic acids is 1. The van der Waals surface area contributed by atoms with Crippen molar-refractivity contribution in [1.29, 1.82) is 0 Å². The maximum Gasteiger partial charge on any atom is 0.259 e. The van der Waals surface area contributed by atoms with E-state index in [2.05, 4.69) is 16.9 Å². The van der Waals surface area contributed by atoms with Gasteiger partial charge in [0.05, 0.1) is 0 Å². The van der Waals surface area contributed by atoms with E-state index in [-0.39, 0.29) is 0 Å². The molecule has 0 unspecified atom stereocenters. The van der Waals surface area contributed by atoms with Crippen LogP contribution in [0.1, 0.15) is 0 Å². The van der Waals surface area contributed by atoms with Crippen molar-refractivity contribution in [3.63, 3.8) is 0 Å². The number of rotatable bonds is 1. The molecule has 0 aromatic carbocycles. The van der Waals surface area contributed by atoms with Crippen molar-refractivity contribution in [2.75, 3.05) is 0 Å². The summed E-state index contributed by atoms with van der Waals surface area (Å²) in [5.74, 6) is 0. The number of hydrogen-bond donors (Lipinski definition) is 1. The molecule has 0 bridgehead atoms. The second-order valence-corrected chi connectivity index (χ2v) is 0.457. The molecule has 28 valence electrons. The van der Waals surface area contributed by atoms with Crippen LogP contribution in [0.25, 0.3) is 0 Å². The van der Waals surface area contributed by atoms with Gasteiger partial charge in [-0.2, -0.15) is 0 Å². The van der Waals surface area contributed by atoms with Gasteiger partial charge < -0.3 is 0 Å². The first-order chi connectivity index (χ1) is 2.41. The van der Waals surface area contributed by atoms with E-state index < -0.39 is 0 Å². The molecule has 0 radical (unpaired) electrons. The third-order valence-corrected chi connectivity index (χ3v) is 0.172. The van der Waals surface area contributed by atoms with Crippen LogP contribution in [0, 0.1) is 0 Å². The summed E-state index contributed by atoms with van der Waals surface area (Å²) in [5, 5.41) is 2.68. The minimum Gasteiger partial charge on any atom is -0.209 e. The van der Waals surface area contributed by atoms with Crippen LogP contribution < -0.4 is 4.94 Å². The van der Waals surface area contributed by atoms with Crippen molar-refractivity contribution in [1.82, 2.24) is 4.94 Å². The minimum atomic E-state index is 1.15. The van der Waals surface area contributed by atoms with E-state index in [0.717, 1.165) is 6.08 Å². The molecular formula is CHClN2O. The number of nitrogens with zero attached hydrogens (tertiary/aromatic N) is 1. The van der Waals surface area contributed by atoms with E-state index in [1.165, 1.54) is 0 Å². The van der Waals surface area contributed by atoms with Crippen molar-refractivity contribution in [3.05, 3.63) is 0 Å². The lowest BCUT2D eigenvalue weighted by atomic mass is 11.6. The second kappa shape index (κ2) is 3.47. The van der Waals surface area contributed by atoms with Gasteiger partial charge in [-0.25, -0.2) is 9.74 Å². The lowest BCUT2D eigenvalue weighted by molar-refractivity contribution is 0.562. The Morgan fingerprint density at radius 2 is 2.60 bits per heavy atom. The van der Waals surface area contributed by atoms with Crippen molar-refractivity contribution in [3.8, 4) is 0 Å². The summed E-state index contributed by atoms with van der Waals surface area (Å²) in [6.07, 6.45) is 1.15. The lowest BCUT2D eigenvalue weighted by Crippen LogP contribution is -1.77. The minimum absolute atomic E-state index is 1.15. The Morgan fingerprint density at radius 1 is 2.00 bits per heavy atom. The predicted molar refractivity (Wildman–Crippen MR) is 17.1 cm³/mol. The SMILES string of the molecule is O=C=NNCl. The molecule has 0 spiro atoms. The number of isocyanates is 1. The Hall–Kier alpha value is -0.530. The molecule has 0 saturated heterocycles. The van der Waals surface area contributed by atoms with E-state index in [1.807, 2.05) is 0 Å². The Labute approximate surface area is 33.7 Å². The topological polar surface area (TPSA) is 41.5 Å². The molecule has 0 saturated carbocycles. The molecule has 0 aromatic heterocycles. The van der Waals surface area contributed by atoms with Crippen LogP contribution in [-0.2, 0) is 4.79 Å². The molecular weight excluding hydrogens is 91.5 g/mol. The summed E-state index contributed by atoms with van der Waals surface area (Å²) in [6, 6.07) is 0. The number of halogens is 1. The Kier molecular flexibility index (Phi) is 3.10. The first-order valence-electron chi connectivity index (χ1n) is 0.840. The van der Waals surface area contributed by atoms with Crippen LogP contribution in [0.4, 0.5) is 0 Å². The average molecular weight is 92.5 g/mol.